The average molecular weight is 392 g/mol. The molecule has 1 fully saturated rings. The quantitative estimate of drug-likeness (QED) is 0.655. The molecule has 7 nitrogen and oxygen atoms in total. The maximum Gasteiger partial charge on any atom is 0.336 e. The lowest BCUT2D eigenvalue weighted by Crippen LogP contribution is -2.27. The molecule has 0 spiro atoms. The average Bonchev–Trinajstić information content (AvgIpc) is 3.11. The first kappa shape index (κ1) is 19.0. The van der Waals surface area contributed by atoms with Gasteiger partial charge in [0.05, 0.1) is 19.4 Å². The summed E-state index contributed by atoms with van der Waals surface area (Å²) in [5.74, 6) is 1.70. The highest BCUT2D eigenvalue weighted by molar-refractivity contribution is 5.93. The van der Waals surface area contributed by atoms with Crippen molar-refractivity contribution in [2.75, 3.05) is 19.0 Å². The number of carbonyl (C=O) groups is 1. The highest BCUT2D eigenvalue weighted by Crippen LogP contribution is 2.29. The van der Waals surface area contributed by atoms with Gasteiger partial charge in [-0.2, -0.15) is 4.98 Å². The monoisotopic (exact) mass is 392 g/mol. The van der Waals surface area contributed by atoms with E-state index in [0.717, 1.165) is 42.0 Å². The number of rotatable bonds is 7. The van der Waals surface area contributed by atoms with Crippen LogP contribution in [0.15, 0.2) is 48.5 Å². The van der Waals surface area contributed by atoms with Gasteiger partial charge in [0.1, 0.15) is 5.75 Å². The summed E-state index contributed by atoms with van der Waals surface area (Å²) in [5.41, 5.74) is 2.50. The maximum atomic E-state index is 12.2. The summed E-state index contributed by atoms with van der Waals surface area (Å²) in [6.07, 6.45) is 3.10. The maximum absolute atomic E-state index is 12.2. The minimum atomic E-state index is 0.0994. The van der Waals surface area contributed by atoms with Crippen LogP contribution in [0.3, 0.4) is 0 Å². The molecule has 1 saturated carbocycles. The predicted octanol–water partition coefficient (Wildman–Crippen LogP) is 4.08. The Kier molecular flexibility index (Phi) is 5.46. The van der Waals surface area contributed by atoms with Crippen molar-refractivity contribution in [3.05, 3.63) is 48.5 Å². The van der Waals surface area contributed by atoms with Crippen LogP contribution in [-0.2, 0) is 4.79 Å². The topological polar surface area (TPSA) is 78.3 Å². The highest BCUT2D eigenvalue weighted by Gasteiger charge is 2.25. The van der Waals surface area contributed by atoms with Crippen molar-refractivity contribution >= 4 is 11.6 Å². The van der Waals surface area contributed by atoms with E-state index in [2.05, 4.69) is 15.4 Å². The number of methoxy groups -OCH3 is 1. The second-order valence-corrected chi connectivity index (χ2v) is 6.96. The molecule has 0 bridgehead atoms. The smallest absolute Gasteiger partial charge is 0.336 e. The van der Waals surface area contributed by atoms with Gasteiger partial charge in [0, 0.05) is 17.2 Å². The standard InChI is InChI=1S/C22H24N4O3/c1-3-29-22-24-20(15-7-13-19(28-2)14-8-15)26(25-22)18-11-9-17(10-12-18)23-21(27)16-5-4-6-16/h7-14,16H,3-6H2,1-2H3,(H,23,27). The van der Waals surface area contributed by atoms with Crippen LogP contribution in [0.1, 0.15) is 26.2 Å². The van der Waals surface area contributed by atoms with Gasteiger partial charge in [0.15, 0.2) is 5.82 Å². The third-order valence-corrected chi connectivity index (χ3v) is 5.06. The highest BCUT2D eigenvalue weighted by atomic mass is 16.5. The number of carbonyl (C=O) groups excluding carboxylic acids is 1. The van der Waals surface area contributed by atoms with Crippen molar-refractivity contribution in [2.45, 2.75) is 26.2 Å². The molecule has 0 saturated heterocycles. The van der Waals surface area contributed by atoms with Crippen molar-refractivity contribution in [3.63, 3.8) is 0 Å². The van der Waals surface area contributed by atoms with Gasteiger partial charge >= 0.3 is 6.01 Å². The fraction of sp³-hybridized carbons (Fsp3) is 0.318. The van der Waals surface area contributed by atoms with Crippen LogP contribution in [0.5, 0.6) is 11.8 Å². The lowest BCUT2D eigenvalue weighted by atomic mass is 9.85. The summed E-state index contributed by atoms with van der Waals surface area (Å²) < 4.78 is 12.5. The Hall–Kier alpha value is -3.35. The van der Waals surface area contributed by atoms with Crippen molar-refractivity contribution in [2.24, 2.45) is 5.92 Å². The number of nitrogens with one attached hydrogen (secondary N) is 1. The molecule has 3 aromatic rings. The number of aromatic nitrogens is 3. The van der Waals surface area contributed by atoms with E-state index in [1.54, 1.807) is 11.8 Å². The fourth-order valence-electron chi connectivity index (χ4n) is 3.19. The Balaban J connectivity index is 1.61. The Bertz CT molecular complexity index is 976. The van der Waals surface area contributed by atoms with Gasteiger partial charge in [-0.1, -0.05) is 6.42 Å². The summed E-state index contributed by atoms with van der Waals surface area (Å²) in [4.78, 5) is 16.7. The van der Waals surface area contributed by atoms with Crippen LogP contribution < -0.4 is 14.8 Å². The second-order valence-electron chi connectivity index (χ2n) is 6.96. The Morgan fingerprint density at radius 3 is 2.45 bits per heavy atom. The molecule has 0 unspecified atom stereocenters. The Morgan fingerprint density at radius 2 is 1.86 bits per heavy atom. The first-order valence-electron chi connectivity index (χ1n) is 9.83. The molecule has 1 aromatic heterocycles. The molecule has 2 aromatic carbocycles. The van der Waals surface area contributed by atoms with Crippen LogP contribution >= 0.6 is 0 Å². The fourth-order valence-corrected chi connectivity index (χ4v) is 3.19. The molecule has 1 aliphatic rings. The van der Waals surface area contributed by atoms with Gasteiger partial charge in [-0.15, -0.1) is 5.10 Å². The molecule has 0 radical (unpaired) electrons. The van der Waals surface area contributed by atoms with Crippen molar-refractivity contribution in [1.29, 1.82) is 0 Å². The largest absolute Gasteiger partial charge is 0.497 e. The summed E-state index contributed by atoms with van der Waals surface area (Å²) in [6.45, 7) is 2.38. The van der Waals surface area contributed by atoms with E-state index in [-0.39, 0.29) is 11.8 Å². The molecular formula is C22H24N4O3. The van der Waals surface area contributed by atoms with Crippen LogP contribution in [0.25, 0.3) is 17.1 Å². The van der Waals surface area contributed by atoms with Gasteiger partial charge in [-0.05, 0) is 68.3 Å². The zero-order valence-corrected chi connectivity index (χ0v) is 16.6. The van der Waals surface area contributed by atoms with E-state index >= 15 is 0 Å². The third kappa shape index (κ3) is 4.08. The zero-order chi connectivity index (χ0) is 20.2. The summed E-state index contributed by atoms with van der Waals surface area (Å²) in [6, 6.07) is 15.5. The van der Waals surface area contributed by atoms with Crippen LogP contribution in [0.2, 0.25) is 0 Å². The van der Waals surface area contributed by atoms with Crippen LogP contribution in [-0.4, -0.2) is 34.4 Å². The molecular weight excluding hydrogens is 368 g/mol. The molecule has 29 heavy (non-hydrogen) atoms. The third-order valence-electron chi connectivity index (χ3n) is 5.06. The lowest BCUT2D eigenvalue weighted by molar-refractivity contribution is -0.122. The zero-order valence-electron chi connectivity index (χ0n) is 16.6. The number of hydrogen-bond donors (Lipinski definition) is 1. The van der Waals surface area contributed by atoms with Crippen molar-refractivity contribution in [1.82, 2.24) is 14.8 Å². The molecule has 0 atom stereocenters. The van der Waals surface area contributed by atoms with E-state index in [1.807, 2.05) is 55.5 Å². The number of benzene rings is 2. The van der Waals surface area contributed by atoms with Crippen LogP contribution in [0.4, 0.5) is 5.69 Å². The molecule has 0 aliphatic heterocycles. The first-order chi connectivity index (χ1) is 14.2. The van der Waals surface area contributed by atoms with Gasteiger partial charge in [0.25, 0.3) is 0 Å². The molecule has 1 amide bonds. The van der Waals surface area contributed by atoms with Crippen LogP contribution in [0, 0.1) is 5.92 Å². The van der Waals surface area contributed by atoms with Crippen molar-refractivity contribution in [3.8, 4) is 28.8 Å². The Labute approximate surface area is 169 Å². The number of ether oxygens (including phenoxy) is 2. The first-order valence-corrected chi connectivity index (χ1v) is 9.83. The number of amides is 1. The Morgan fingerprint density at radius 1 is 1.14 bits per heavy atom. The summed E-state index contributed by atoms with van der Waals surface area (Å²) in [7, 11) is 1.63. The number of anilines is 1. The number of hydrogen-bond acceptors (Lipinski definition) is 5. The van der Waals surface area contributed by atoms with E-state index < -0.39 is 0 Å². The molecule has 1 N–H and O–H groups in total. The van der Waals surface area contributed by atoms with E-state index in [0.29, 0.717) is 18.4 Å². The molecule has 4 rings (SSSR count). The predicted molar refractivity (Wildman–Crippen MR) is 110 cm³/mol. The summed E-state index contributed by atoms with van der Waals surface area (Å²) >= 11 is 0. The molecule has 1 aliphatic carbocycles. The lowest BCUT2D eigenvalue weighted by Gasteiger charge is -2.24. The van der Waals surface area contributed by atoms with Gasteiger partial charge in [-0.3, -0.25) is 4.79 Å². The SMILES string of the molecule is CCOc1nc(-c2ccc(OC)cc2)n(-c2ccc(NC(=O)C3CCC3)cc2)n1. The van der Waals surface area contributed by atoms with Gasteiger partial charge < -0.3 is 14.8 Å². The minimum Gasteiger partial charge on any atom is -0.497 e. The summed E-state index contributed by atoms with van der Waals surface area (Å²) in [5, 5.41) is 7.48. The van der Waals surface area contributed by atoms with Crippen molar-refractivity contribution < 1.29 is 14.3 Å². The molecule has 7 heteroatoms. The van der Waals surface area contributed by atoms with Gasteiger partial charge in [-0.25, -0.2) is 4.68 Å². The number of nitrogens with zero attached hydrogens (tertiary/aromatic N) is 3. The normalized spacial score (nSPS) is 13.6. The molecule has 150 valence electrons. The minimum absolute atomic E-state index is 0.0994. The van der Waals surface area contributed by atoms with Gasteiger partial charge in [0.2, 0.25) is 5.91 Å². The van der Waals surface area contributed by atoms with E-state index in [9.17, 15) is 4.79 Å². The van der Waals surface area contributed by atoms with E-state index in [1.165, 1.54) is 0 Å². The molecule has 1 heterocycles. The second kappa shape index (κ2) is 8.34. The van der Waals surface area contributed by atoms with E-state index in [4.69, 9.17) is 9.47 Å².